The molecule has 1 heterocycles. The zero-order valence-corrected chi connectivity index (χ0v) is 17.6. The highest BCUT2D eigenvalue weighted by atomic mass is 32.1. The second-order valence-electron chi connectivity index (χ2n) is 6.19. The molecule has 0 bridgehead atoms. The maximum Gasteiger partial charge on any atom is 0.187 e. The second-order valence-corrected chi connectivity index (χ2v) is 7.28. The van der Waals surface area contributed by atoms with Crippen LogP contribution in [0.3, 0.4) is 0 Å². The van der Waals surface area contributed by atoms with Crippen molar-refractivity contribution < 1.29 is 14.2 Å². The van der Waals surface area contributed by atoms with Crippen LogP contribution < -0.4 is 19.5 Å². The molecule has 0 radical (unpaired) electrons. The Morgan fingerprint density at radius 3 is 2.36 bits per heavy atom. The fourth-order valence-electron chi connectivity index (χ4n) is 2.94. The maximum atomic E-state index is 5.55. The van der Waals surface area contributed by atoms with E-state index >= 15 is 0 Å². The number of aryl methyl sites for hydroxylation is 1. The van der Waals surface area contributed by atoms with Crippen molar-refractivity contribution in [1.82, 2.24) is 4.98 Å². The van der Waals surface area contributed by atoms with Crippen molar-refractivity contribution in [2.45, 2.75) is 26.7 Å². The van der Waals surface area contributed by atoms with Gasteiger partial charge in [0.05, 0.1) is 26.5 Å². The second kappa shape index (κ2) is 9.46. The van der Waals surface area contributed by atoms with Crippen LogP contribution in [0.4, 0.5) is 10.8 Å². The first-order valence-corrected chi connectivity index (χ1v) is 10.2. The Kier molecular flexibility index (Phi) is 6.76. The summed E-state index contributed by atoms with van der Waals surface area (Å²) in [6.07, 6.45) is 2.07. The Balaban J connectivity index is 1.88. The molecule has 0 spiro atoms. The van der Waals surface area contributed by atoms with Crippen molar-refractivity contribution in [3.63, 3.8) is 0 Å². The quantitative estimate of drug-likeness (QED) is 0.485. The third-order valence-electron chi connectivity index (χ3n) is 4.25. The number of hydrogen-bond donors (Lipinski definition) is 1. The van der Waals surface area contributed by atoms with E-state index < -0.39 is 0 Å². The Morgan fingerprint density at radius 1 is 0.964 bits per heavy atom. The lowest BCUT2D eigenvalue weighted by Gasteiger charge is -2.09. The first kappa shape index (κ1) is 20.0. The minimum absolute atomic E-state index is 0.663. The minimum atomic E-state index is 0.663. The molecule has 0 atom stereocenters. The number of anilines is 2. The number of aromatic nitrogens is 1. The van der Waals surface area contributed by atoms with E-state index in [0.29, 0.717) is 18.1 Å². The van der Waals surface area contributed by atoms with Crippen molar-refractivity contribution in [3.8, 4) is 28.5 Å². The van der Waals surface area contributed by atoms with Crippen LogP contribution in [0.2, 0.25) is 0 Å². The summed E-state index contributed by atoms with van der Waals surface area (Å²) in [6.45, 7) is 4.83. The van der Waals surface area contributed by atoms with Crippen molar-refractivity contribution >= 4 is 22.2 Å². The monoisotopic (exact) mass is 398 g/mol. The number of ether oxygens (including phenoxy) is 3. The van der Waals surface area contributed by atoms with Gasteiger partial charge < -0.3 is 19.5 Å². The van der Waals surface area contributed by atoms with E-state index in [-0.39, 0.29) is 0 Å². The van der Waals surface area contributed by atoms with Gasteiger partial charge in [0, 0.05) is 22.2 Å². The number of methoxy groups -OCH3 is 2. The number of thiazole rings is 1. The fourth-order valence-corrected chi connectivity index (χ4v) is 4.05. The van der Waals surface area contributed by atoms with Gasteiger partial charge in [-0.3, -0.25) is 0 Å². The number of rotatable bonds is 9. The molecular weight excluding hydrogens is 372 g/mol. The SMILES string of the molecule is CCCc1sc(Nc2ccc(OC)c(OC)c2)nc1-c1ccc(OCC)cc1. The summed E-state index contributed by atoms with van der Waals surface area (Å²) in [4.78, 5) is 6.14. The lowest BCUT2D eigenvalue weighted by atomic mass is 10.1. The van der Waals surface area contributed by atoms with Crippen molar-refractivity contribution in [3.05, 3.63) is 47.3 Å². The standard InChI is InChI=1S/C22H26N2O3S/c1-5-7-20-21(15-8-11-17(12-9-15)27-6-2)24-22(28-20)23-16-10-13-18(25-3)19(14-16)26-4/h8-14H,5-7H2,1-4H3,(H,23,24). The third kappa shape index (κ3) is 4.57. The highest BCUT2D eigenvalue weighted by molar-refractivity contribution is 7.16. The lowest BCUT2D eigenvalue weighted by Crippen LogP contribution is -1.94. The van der Waals surface area contributed by atoms with E-state index in [0.717, 1.165) is 40.7 Å². The van der Waals surface area contributed by atoms with Gasteiger partial charge in [-0.15, -0.1) is 11.3 Å². The van der Waals surface area contributed by atoms with Gasteiger partial charge in [-0.2, -0.15) is 0 Å². The van der Waals surface area contributed by atoms with Crippen LogP contribution in [0, 0.1) is 0 Å². The van der Waals surface area contributed by atoms with Gasteiger partial charge in [-0.1, -0.05) is 13.3 Å². The zero-order chi connectivity index (χ0) is 19.9. The average Bonchev–Trinajstić information content (AvgIpc) is 3.11. The molecule has 0 aliphatic rings. The van der Waals surface area contributed by atoms with Gasteiger partial charge in [0.15, 0.2) is 16.6 Å². The molecule has 148 valence electrons. The van der Waals surface area contributed by atoms with Gasteiger partial charge >= 0.3 is 0 Å². The normalized spacial score (nSPS) is 10.6. The molecule has 0 amide bonds. The number of nitrogens with zero attached hydrogens (tertiary/aromatic N) is 1. The fraction of sp³-hybridized carbons (Fsp3) is 0.318. The Morgan fingerprint density at radius 2 is 1.71 bits per heavy atom. The number of benzene rings is 2. The Labute approximate surface area is 170 Å². The van der Waals surface area contributed by atoms with E-state index in [2.05, 4.69) is 24.4 Å². The molecule has 1 aromatic heterocycles. The third-order valence-corrected chi connectivity index (χ3v) is 5.28. The molecule has 5 nitrogen and oxygen atoms in total. The highest BCUT2D eigenvalue weighted by Gasteiger charge is 2.14. The summed E-state index contributed by atoms with van der Waals surface area (Å²) in [5.41, 5.74) is 3.04. The predicted molar refractivity (Wildman–Crippen MR) is 116 cm³/mol. The first-order valence-electron chi connectivity index (χ1n) is 9.40. The van der Waals surface area contributed by atoms with Crippen LogP contribution in [0.1, 0.15) is 25.1 Å². The van der Waals surface area contributed by atoms with Crippen LogP contribution in [-0.4, -0.2) is 25.8 Å². The van der Waals surface area contributed by atoms with Gasteiger partial charge in [0.2, 0.25) is 0 Å². The highest BCUT2D eigenvalue weighted by Crippen LogP contribution is 2.36. The Hall–Kier alpha value is -2.73. The molecular formula is C22H26N2O3S. The average molecular weight is 399 g/mol. The summed E-state index contributed by atoms with van der Waals surface area (Å²) < 4.78 is 16.2. The van der Waals surface area contributed by atoms with Crippen molar-refractivity contribution in [2.75, 3.05) is 26.1 Å². The van der Waals surface area contributed by atoms with Gasteiger partial charge in [-0.05, 0) is 49.7 Å². The molecule has 0 aliphatic heterocycles. The van der Waals surface area contributed by atoms with Crippen LogP contribution in [-0.2, 0) is 6.42 Å². The summed E-state index contributed by atoms with van der Waals surface area (Å²) in [5, 5.41) is 4.26. The van der Waals surface area contributed by atoms with Crippen LogP contribution >= 0.6 is 11.3 Å². The van der Waals surface area contributed by atoms with Crippen LogP contribution in [0.25, 0.3) is 11.3 Å². The maximum absolute atomic E-state index is 5.55. The molecule has 0 saturated carbocycles. The number of nitrogens with one attached hydrogen (secondary N) is 1. The van der Waals surface area contributed by atoms with Crippen LogP contribution in [0.5, 0.6) is 17.2 Å². The molecule has 1 N–H and O–H groups in total. The van der Waals surface area contributed by atoms with Crippen LogP contribution in [0.15, 0.2) is 42.5 Å². The first-order chi connectivity index (χ1) is 13.7. The molecule has 28 heavy (non-hydrogen) atoms. The zero-order valence-electron chi connectivity index (χ0n) is 16.7. The van der Waals surface area contributed by atoms with Gasteiger partial charge in [0.1, 0.15) is 5.75 Å². The van der Waals surface area contributed by atoms with E-state index in [9.17, 15) is 0 Å². The summed E-state index contributed by atoms with van der Waals surface area (Å²) >= 11 is 1.69. The predicted octanol–water partition coefficient (Wildman–Crippen LogP) is 5.92. The Bertz CT molecular complexity index is 907. The smallest absolute Gasteiger partial charge is 0.187 e. The molecule has 0 fully saturated rings. The van der Waals surface area contributed by atoms with E-state index in [1.165, 1.54) is 4.88 Å². The van der Waals surface area contributed by atoms with Gasteiger partial charge in [-0.25, -0.2) is 4.98 Å². The topological polar surface area (TPSA) is 52.6 Å². The van der Waals surface area contributed by atoms with Crippen molar-refractivity contribution in [2.24, 2.45) is 0 Å². The van der Waals surface area contributed by atoms with E-state index in [1.807, 2.05) is 37.3 Å². The molecule has 6 heteroatoms. The largest absolute Gasteiger partial charge is 0.494 e. The molecule has 0 unspecified atom stereocenters. The molecule has 0 saturated heterocycles. The number of hydrogen-bond acceptors (Lipinski definition) is 6. The van der Waals surface area contributed by atoms with E-state index in [1.54, 1.807) is 25.6 Å². The van der Waals surface area contributed by atoms with Gasteiger partial charge in [0.25, 0.3) is 0 Å². The van der Waals surface area contributed by atoms with E-state index in [4.69, 9.17) is 19.2 Å². The molecule has 3 rings (SSSR count). The van der Waals surface area contributed by atoms with Crippen molar-refractivity contribution in [1.29, 1.82) is 0 Å². The summed E-state index contributed by atoms with van der Waals surface area (Å²) in [5.74, 6) is 2.26. The summed E-state index contributed by atoms with van der Waals surface area (Å²) in [6, 6.07) is 13.9. The molecule has 0 aliphatic carbocycles. The molecule has 2 aromatic carbocycles. The molecule has 3 aromatic rings. The minimum Gasteiger partial charge on any atom is -0.494 e. The summed E-state index contributed by atoms with van der Waals surface area (Å²) in [7, 11) is 3.26. The lowest BCUT2D eigenvalue weighted by molar-refractivity contribution is 0.340.